The lowest BCUT2D eigenvalue weighted by Crippen LogP contribution is -2.30. The molecule has 0 rings (SSSR count). The Morgan fingerprint density at radius 1 is 0.280 bits per heavy atom. The van der Waals surface area contributed by atoms with E-state index < -0.39 is 6.10 Å². The minimum atomic E-state index is -0.793. The summed E-state index contributed by atoms with van der Waals surface area (Å²) in [6.45, 7) is 6.51. The van der Waals surface area contributed by atoms with Crippen molar-refractivity contribution >= 4 is 17.9 Å². The van der Waals surface area contributed by atoms with Crippen molar-refractivity contribution in [1.82, 2.24) is 0 Å². The lowest BCUT2D eigenvalue weighted by atomic mass is 10.0. The molecule has 430 valence electrons. The highest BCUT2D eigenvalue weighted by Crippen LogP contribution is 2.16. The van der Waals surface area contributed by atoms with Gasteiger partial charge in [0.1, 0.15) is 13.2 Å². The van der Waals surface area contributed by atoms with E-state index in [1.165, 1.54) is 141 Å². The smallest absolute Gasteiger partial charge is 0.306 e. The lowest BCUT2D eigenvalue weighted by molar-refractivity contribution is -0.167. The fourth-order valence-corrected chi connectivity index (χ4v) is 8.83. The van der Waals surface area contributed by atoms with Crippen molar-refractivity contribution < 1.29 is 28.6 Å². The summed E-state index contributed by atoms with van der Waals surface area (Å²) in [7, 11) is 0. The van der Waals surface area contributed by atoms with Crippen LogP contribution in [0.25, 0.3) is 0 Å². The van der Waals surface area contributed by atoms with E-state index in [9.17, 15) is 14.4 Å². The summed E-state index contributed by atoms with van der Waals surface area (Å²) in [6, 6.07) is 0. The molecule has 0 N–H and O–H groups in total. The fraction of sp³-hybridized carbons (Fsp3) is 0.725. The Labute approximate surface area is 464 Å². The summed E-state index contributed by atoms with van der Waals surface area (Å²) < 4.78 is 16.9. The maximum atomic E-state index is 12.9. The zero-order valence-corrected chi connectivity index (χ0v) is 49.3. The average molecular weight is 1040 g/mol. The van der Waals surface area contributed by atoms with Crippen molar-refractivity contribution in [2.45, 2.75) is 309 Å². The summed E-state index contributed by atoms with van der Waals surface area (Å²) >= 11 is 0. The maximum Gasteiger partial charge on any atom is 0.306 e. The second-order valence-electron chi connectivity index (χ2n) is 20.9. The van der Waals surface area contributed by atoms with E-state index in [0.29, 0.717) is 19.3 Å². The molecule has 0 aliphatic carbocycles. The molecule has 6 nitrogen and oxygen atoms in total. The van der Waals surface area contributed by atoms with Crippen LogP contribution >= 0.6 is 0 Å². The third-order valence-electron chi connectivity index (χ3n) is 13.6. The minimum absolute atomic E-state index is 0.0870. The number of rotatable bonds is 57. The zero-order valence-electron chi connectivity index (χ0n) is 49.3. The molecule has 0 bridgehead atoms. The Bertz CT molecular complexity index is 1480. The van der Waals surface area contributed by atoms with Crippen LogP contribution in [0.4, 0.5) is 0 Å². The van der Waals surface area contributed by atoms with E-state index in [0.717, 1.165) is 122 Å². The molecular weight excluding hydrogens is 925 g/mol. The number of unbranched alkanes of at least 4 members (excludes halogenated alkanes) is 30. The number of carbonyl (C=O) groups excluding carboxylic acids is 3. The maximum absolute atomic E-state index is 12.9. The Morgan fingerprint density at radius 2 is 0.520 bits per heavy atom. The highest BCUT2D eigenvalue weighted by molar-refractivity contribution is 5.71. The van der Waals surface area contributed by atoms with Crippen LogP contribution in [0.2, 0.25) is 0 Å². The quantitative estimate of drug-likeness (QED) is 0.0261. The molecule has 1 unspecified atom stereocenters. The van der Waals surface area contributed by atoms with Crippen molar-refractivity contribution in [3.8, 4) is 0 Å². The number of carbonyl (C=O) groups is 3. The van der Waals surface area contributed by atoms with Crippen LogP contribution in [-0.2, 0) is 28.6 Å². The first-order valence-corrected chi connectivity index (χ1v) is 31.7. The standard InChI is InChI=1S/C69H118O6/c1-4-7-10-13-16-19-22-25-28-31-33-34-35-36-37-39-41-44-47-50-53-56-59-62-68(71)74-65-66(64-73-67(70)61-58-55-52-49-46-43-40-30-27-24-21-18-15-12-9-6-3)75-69(72)63-60-57-54-51-48-45-42-38-32-29-26-23-20-17-14-11-8-5-2/h7,10,16,19-20,23,25,28-29,32-34,36-37,41,44,66H,4-6,8-9,11-15,17-18,21-22,24,26-27,30-31,35,38-40,42-43,45-65H2,1-3H3/b10-7-,19-16-,23-20-,28-25-,32-29-,34-33-,37-36-,44-41-. The zero-order chi connectivity index (χ0) is 54.3. The molecule has 0 saturated carbocycles. The second kappa shape index (κ2) is 62.9. The molecule has 0 aromatic heterocycles. The first-order chi connectivity index (χ1) is 37.0. The monoisotopic (exact) mass is 1040 g/mol. The molecule has 1 atom stereocenters. The van der Waals surface area contributed by atoms with Gasteiger partial charge in [-0.05, 0) is 103 Å². The average Bonchev–Trinajstić information content (AvgIpc) is 3.41. The molecule has 0 spiro atoms. The van der Waals surface area contributed by atoms with Gasteiger partial charge in [-0.3, -0.25) is 14.4 Å². The molecule has 0 aliphatic rings. The van der Waals surface area contributed by atoms with Crippen LogP contribution in [0.1, 0.15) is 303 Å². The van der Waals surface area contributed by atoms with Gasteiger partial charge in [0.25, 0.3) is 0 Å². The first-order valence-electron chi connectivity index (χ1n) is 31.7. The van der Waals surface area contributed by atoms with Gasteiger partial charge < -0.3 is 14.2 Å². The van der Waals surface area contributed by atoms with Gasteiger partial charge in [0.15, 0.2) is 6.10 Å². The Morgan fingerprint density at radius 3 is 0.827 bits per heavy atom. The Balaban J connectivity index is 4.44. The molecule has 0 radical (unpaired) electrons. The van der Waals surface area contributed by atoms with Crippen LogP contribution in [0.5, 0.6) is 0 Å². The van der Waals surface area contributed by atoms with Gasteiger partial charge in [0, 0.05) is 19.3 Å². The molecule has 0 heterocycles. The topological polar surface area (TPSA) is 78.9 Å². The third kappa shape index (κ3) is 61.1. The van der Waals surface area contributed by atoms with Crippen molar-refractivity contribution in [2.75, 3.05) is 13.2 Å². The first kappa shape index (κ1) is 71.3. The molecular formula is C69H118O6. The fourth-order valence-electron chi connectivity index (χ4n) is 8.83. The predicted molar refractivity (Wildman–Crippen MR) is 325 cm³/mol. The number of hydrogen-bond donors (Lipinski definition) is 0. The highest BCUT2D eigenvalue weighted by Gasteiger charge is 2.19. The minimum Gasteiger partial charge on any atom is -0.462 e. The van der Waals surface area contributed by atoms with Gasteiger partial charge in [-0.1, -0.05) is 279 Å². The number of allylic oxidation sites excluding steroid dienone is 16. The van der Waals surface area contributed by atoms with Crippen molar-refractivity contribution in [3.05, 3.63) is 97.2 Å². The van der Waals surface area contributed by atoms with Gasteiger partial charge in [0.2, 0.25) is 0 Å². The summed E-state index contributed by atoms with van der Waals surface area (Å²) in [4.78, 5) is 38.3. The molecule has 0 aliphatic heterocycles. The summed E-state index contributed by atoms with van der Waals surface area (Å²) in [6.07, 6.45) is 84.0. The van der Waals surface area contributed by atoms with E-state index in [1.807, 2.05) is 0 Å². The largest absolute Gasteiger partial charge is 0.462 e. The molecule has 0 aromatic carbocycles. The van der Waals surface area contributed by atoms with Crippen LogP contribution in [-0.4, -0.2) is 37.2 Å². The number of esters is 3. The summed E-state index contributed by atoms with van der Waals surface area (Å²) in [5.74, 6) is -0.910. The van der Waals surface area contributed by atoms with Gasteiger partial charge in [0.05, 0.1) is 0 Å². The van der Waals surface area contributed by atoms with E-state index in [2.05, 4.69) is 118 Å². The molecule has 6 heteroatoms. The van der Waals surface area contributed by atoms with Crippen LogP contribution in [0, 0.1) is 0 Å². The summed E-state index contributed by atoms with van der Waals surface area (Å²) in [5, 5.41) is 0. The number of hydrogen-bond acceptors (Lipinski definition) is 6. The molecule has 0 amide bonds. The highest BCUT2D eigenvalue weighted by atomic mass is 16.6. The van der Waals surface area contributed by atoms with Gasteiger partial charge >= 0.3 is 17.9 Å². The Kier molecular flexibility index (Phi) is 59.8. The SMILES string of the molecule is CC/C=C\C/C=C\C/C=C\C/C=C\C/C=C\C/C=C\CCCCCCC(=O)OCC(COC(=O)CCCCCCCCCCCCCCCCCC)OC(=O)CCCCCCCCC/C=C\C/C=C\CCCCCC. The van der Waals surface area contributed by atoms with E-state index >= 15 is 0 Å². The van der Waals surface area contributed by atoms with Crippen molar-refractivity contribution in [3.63, 3.8) is 0 Å². The summed E-state index contributed by atoms with van der Waals surface area (Å²) in [5.41, 5.74) is 0. The molecule has 0 aromatic rings. The normalized spacial score (nSPS) is 12.7. The van der Waals surface area contributed by atoms with Gasteiger partial charge in [-0.15, -0.1) is 0 Å². The third-order valence-corrected chi connectivity index (χ3v) is 13.6. The molecule has 0 fully saturated rings. The molecule has 0 saturated heterocycles. The van der Waals surface area contributed by atoms with Crippen LogP contribution < -0.4 is 0 Å². The van der Waals surface area contributed by atoms with Crippen molar-refractivity contribution in [1.29, 1.82) is 0 Å². The van der Waals surface area contributed by atoms with Gasteiger partial charge in [-0.25, -0.2) is 0 Å². The predicted octanol–water partition coefficient (Wildman–Crippen LogP) is 21.7. The van der Waals surface area contributed by atoms with Gasteiger partial charge in [-0.2, -0.15) is 0 Å². The van der Waals surface area contributed by atoms with E-state index in [-0.39, 0.29) is 31.1 Å². The second-order valence-corrected chi connectivity index (χ2v) is 20.9. The lowest BCUT2D eigenvalue weighted by Gasteiger charge is -2.18. The number of ether oxygens (including phenoxy) is 3. The Hall–Kier alpha value is -3.67. The van der Waals surface area contributed by atoms with E-state index in [1.54, 1.807) is 0 Å². The molecule has 75 heavy (non-hydrogen) atoms. The van der Waals surface area contributed by atoms with Crippen molar-refractivity contribution in [2.24, 2.45) is 0 Å². The van der Waals surface area contributed by atoms with Crippen LogP contribution in [0.15, 0.2) is 97.2 Å². The van der Waals surface area contributed by atoms with E-state index in [4.69, 9.17) is 14.2 Å². The van der Waals surface area contributed by atoms with Crippen LogP contribution in [0.3, 0.4) is 0 Å².